The average Bonchev–Trinajstić information content (AvgIpc) is 2.58. The van der Waals surface area contributed by atoms with Crippen molar-refractivity contribution in [2.24, 2.45) is 0 Å². The molecule has 1 aliphatic carbocycles. The van der Waals surface area contributed by atoms with Crippen molar-refractivity contribution in [3.8, 4) is 0 Å². The maximum atomic E-state index is 11.6. The Morgan fingerprint density at radius 3 is 2.46 bits per heavy atom. The van der Waals surface area contributed by atoms with Crippen LogP contribution in [0.4, 0.5) is 0 Å². The number of nitrogens with one attached hydrogen (secondary N) is 1. The fraction of sp³-hybridized carbons (Fsp3) is 0.364. The molecule has 4 rings (SSSR count). The second-order valence-electron chi connectivity index (χ2n) is 4.03. The molecule has 3 fully saturated rings. The van der Waals surface area contributed by atoms with Crippen LogP contribution < -0.4 is 5.32 Å². The van der Waals surface area contributed by atoms with E-state index >= 15 is 0 Å². The Morgan fingerprint density at radius 2 is 1.92 bits per heavy atom. The molecule has 1 aromatic carbocycles. The molecule has 2 heteroatoms. The van der Waals surface area contributed by atoms with Gasteiger partial charge in [-0.15, -0.1) is 0 Å². The molecule has 0 unspecified atom stereocenters. The van der Waals surface area contributed by atoms with Crippen LogP contribution in [0.3, 0.4) is 0 Å². The molecule has 0 spiro atoms. The molecule has 2 bridgehead atoms. The van der Waals surface area contributed by atoms with Gasteiger partial charge in [0.1, 0.15) is 0 Å². The third-order valence-corrected chi connectivity index (χ3v) is 3.29. The van der Waals surface area contributed by atoms with Crippen LogP contribution >= 0.6 is 0 Å². The van der Waals surface area contributed by atoms with Crippen molar-refractivity contribution in [1.82, 2.24) is 5.32 Å². The monoisotopic (exact) mass is 173 g/mol. The quantitative estimate of drug-likeness (QED) is 0.679. The molecule has 3 aliphatic rings. The number of amides is 1. The van der Waals surface area contributed by atoms with Gasteiger partial charge in [0, 0.05) is 6.04 Å². The SMILES string of the molecule is O=C1NC2CC1(c1ccccc1)C2. The molecule has 0 atom stereocenters. The summed E-state index contributed by atoms with van der Waals surface area (Å²) in [6.45, 7) is 0. The highest BCUT2D eigenvalue weighted by Gasteiger charge is 2.58. The van der Waals surface area contributed by atoms with E-state index in [0.717, 1.165) is 12.8 Å². The first kappa shape index (κ1) is 7.13. The molecule has 2 saturated heterocycles. The number of carbonyl (C=O) groups is 1. The summed E-state index contributed by atoms with van der Waals surface area (Å²) in [4.78, 5) is 11.6. The third kappa shape index (κ3) is 0.755. The Balaban J connectivity index is 2.07. The molecule has 0 radical (unpaired) electrons. The van der Waals surface area contributed by atoms with Crippen molar-refractivity contribution in [2.75, 3.05) is 0 Å². The van der Waals surface area contributed by atoms with Crippen LogP contribution in [-0.4, -0.2) is 11.9 Å². The number of hydrogen-bond acceptors (Lipinski definition) is 1. The molecular formula is C11H11NO. The minimum Gasteiger partial charge on any atom is -0.353 e. The summed E-state index contributed by atoms with van der Waals surface area (Å²) < 4.78 is 0. The third-order valence-electron chi connectivity index (χ3n) is 3.29. The molecule has 13 heavy (non-hydrogen) atoms. The standard InChI is InChI=1S/C11H11NO/c13-10-11(6-9(7-11)12-10)8-4-2-1-3-5-8/h1-5,9H,6-7H2,(H,12,13). The van der Waals surface area contributed by atoms with E-state index < -0.39 is 0 Å². The minimum absolute atomic E-state index is 0.161. The molecule has 2 heterocycles. The molecular weight excluding hydrogens is 162 g/mol. The summed E-state index contributed by atoms with van der Waals surface area (Å²) in [7, 11) is 0. The first-order chi connectivity index (χ1) is 6.31. The maximum Gasteiger partial charge on any atom is 0.231 e. The predicted molar refractivity (Wildman–Crippen MR) is 49.3 cm³/mol. The zero-order valence-electron chi connectivity index (χ0n) is 7.29. The van der Waals surface area contributed by atoms with Gasteiger partial charge in [0.15, 0.2) is 0 Å². The Bertz CT molecular complexity index is 352. The predicted octanol–water partition coefficient (Wildman–Crippen LogP) is 1.22. The van der Waals surface area contributed by atoms with E-state index in [-0.39, 0.29) is 11.3 Å². The van der Waals surface area contributed by atoms with Crippen LogP contribution in [0, 0.1) is 0 Å². The highest BCUT2D eigenvalue weighted by Crippen LogP contribution is 2.49. The largest absolute Gasteiger partial charge is 0.353 e. The second kappa shape index (κ2) is 2.13. The number of hydrogen-bond donors (Lipinski definition) is 1. The number of benzene rings is 1. The van der Waals surface area contributed by atoms with Crippen LogP contribution in [0.1, 0.15) is 18.4 Å². The molecule has 0 aromatic heterocycles. The summed E-state index contributed by atoms with van der Waals surface area (Å²) >= 11 is 0. The van der Waals surface area contributed by atoms with Crippen LogP contribution in [-0.2, 0) is 10.2 Å². The lowest BCUT2D eigenvalue weighted by atomic mass is 9.65. The van der Waals surface area contributed by atoms with Gasteiger partial charge in [-0.2, -0.15) is 0 Å². The lowest BCUT2D eigenvalue weighted by molar-refractivity contribution is -0.122. The molecule has 1 N–H and O–H groups in total. The lowest BCUT2D eigenvalue weighted by Gasteiger charge is -2.34. The maximum absolute atomic E-state index is 11.6. The van der Waals surface area contributed by atoms with Gasteiger partial charge in [0.25, 0.3) is 0 Å². The zero-order chi connectivity index (χ0) is 8.89. The Hall–Kier alpha value is -1.31. The van der Waals surface area contributed by atoms with Gasteiger partial charge in [-0.05, 0) is 18.4 Å². The van der Waals surface area contributed by atoms with Gasteiger partial charge in [0.05, 0.1) is 5.41 Å². The summed E-state index contributed by atoms with van der Waals surface area (Å²) in [5, 5.41) is 2.99. The van der Waals surface area contributed by atoms with Crippen molar-refractivity contribution < 1.29 is 4.79 Å². The van der Waals surface area contributed by atoms with E-state index in [2.05, 4.69) is 17.4 Å². The molecule has 1 aromatic rings. The van der Waals surface area contributed by atoms with Gasteiger partial charge in [-0.25, -0.2) is 0 Å². The summed E-state index contributed by atoms with van der Waals surface area (Å²) in [6, 6.07) is 10.6. The molecule has 1 saturated carbocycles. The van der Waals surface area contributed by atoms with Crippen molar-refractivity contribution in [2.45, 2.75) is 24.3 Å². The first-order valence-corrected chi connectivity index (χ1v) is 4.68. The Labute approximate surface area is 77.0 Å². The highest BCUT2D eigenvalue weighted by molar-refractivity contribution is 5.94. The Kier molecular flexibility index (Phi) is 1.17. The summed E-state index contributed by atoms with van der Waals surface area (Å²) in [5.74, 6) is 0.226. The van der Waals surface area contributed by atoms with Gasteiger partial charge < -0.3 is 5.32 Å². The molecule has 1 amide bonds. The number of fused-ring (bicyclic) bond motifs is 1. The van der Waals surface area contributed by atoms with E-state index in [1.165, 1.54) is 5.56 Å². The van der Waals surface area contributed by atoms with E-state index in [1.54, 1.807) is 0 Å². The van der Waals surface area contributed by atoms with Crippen molar-refractivity contribution in [3.05, 3.63) is 35.9 Å². The van der Waals surface area contributed by atoms with Gasteiger partial charge in [0.2, 0.25) is 5.91 Å². The van der Waals surface area contributed by atoms with Gasteiger partial charge in [-0.3, -0.25) is 4.79 Å². The summed E-state index contributed by atoms with van der Waals surface area (Å²) in [6.07, 6.45) is 1.99. The molecule has 2 nitrogen and oxygen atoms in total. The fourth-order valence-electron chi connectivity index (χ4n) is 2.52. The first-order valence-electron chi connectivity index (χ1n) is 4.68. The lowest BCUT2D eigenvalue weighted by Crippen LogP contribution is -2.39. The van der Waals surface area contributed by atoms with Crippen LogP contribution in [0.25, 0.3) is 0 Å². The Morgan fingerprint density at radius 1 is 1.23 bits per heavy atom. The average molecular weight is 173 g/mol. The highest BCUT2D eigenvalue weighted by atomic mass is 16.2. The second-order valence-corrected chi connectivity index (χ2v) is 4.03. The molecule has 2 aliphatic heterocycles. The number of carbonyl (C=O) groups excluding carboxylic acids is 1. The smallest absolute Gasteiger partial charge is 0.231 e. The zero-order valence-corrected chi connectivity index (χ0v) is 7.29. The fourth-order valence-corrected chi connectivity index (χ4v) is 2.52. The van der Waals surface area contributed by atoms with Crippen molar-refractivity contribution in [1.29, 1.82) is 0 Å². The topological polar surface area (TPSA) is 29.1 Å². The van der Waals surface area contributed by atoms with E-state index in [4.69, 9.17) is 0 Å². The minimum atomic E-state index is -0.161. The van der Waals surface area contributed by atoms with Crippen LogP contribution in [0.15, 0.2) is 30.3 Å². The van der Waals surface area contributed by atoms with E-state index in [0.29, 0.717) is 6.04 Å². The van der Waals surface area contributed by atoms with Crippen molar-refractivity contribution >= 4 is 5.91 Å². The van der Waals surface area contributed by atoms with Crippen LogP contribution in [0.2, 0.25) is 0 Å². The number of rotatable bonds is 1. The van der Waals surface area contributed by atoms with E-state index in [9.17, 15) is 4.79 Å². The van der Waals surface area contributed by atoms with Gasteiger partial charge in [-0.1, -0.05) is 30.3 Å². The molecule has 66 valence electrons. The van der Waals surface area contributed by atoms with Crippen LogP contribution in [0.5, 0.6) is 0 Å². The van der Waals surface area contributed by atoms with Crippen molar-refractivity contribution in [3.63, 3.8) is 0 Å². The summed E-state index contributed by atoms with van der Waals surface area (Å²) in [5.41, 5.74) is 1.02. The van der Waals surface area contributed by atoms with Gasteiger partial charge >= 0.3 is 0 Å². The normalized spacial score (nSPS) is 35.4. The van der Waals surface area contributed by atoms with E-state index in [1.807, 2.05) is 18.2 Å².